The smallest absolute Gasteiger partial charge is 0.139 e. The van der Waals surface area contributed by atoms with E-state index in [-0.39, 0.29) is 11.9 Å². The highest BCUT2D eigenvalue weighted by Gasteiger charge is 2.28. The van der Waals surface area contributed by atoms with Crippen molar-refractivity contribution in [3.8, 4) is 0 Å². The predicted octanol–water partition coefficient (Wildman–Crippen LogP) is 2.38. The van der Waals surface area contributed by atoms with E-state index in [0.717, 1.165) is 25.1 Å². The number of rotatable bonds is 3. The van der Waals surface area contributed by atoms with Crippen LogP contribution in [0.5, 0.6) is 0 Å². The van der Waals surface area contributed by atoms with Crippen molar-refractivity contribution >= 4 is 27.3 Å². The second kappa shape index (κ2) is 4.82. The van der Waals surface area contributed by atoms with Crippen molar-refractivity contribution in [2.24, 2.45) is 5.92 Å². The Balaban J connectivity index is 2.08. The second-order valence-corrected chi connectivity index (χ2v) is 5.55. The van der Waals surface area contributed by atoms with E-state index in [1.165, 1.54) is 6.07 Å². The van der Waals surface area contributed by atoms with Crippen molar-refractivity contribution in [1.29, 1.82) is 0 Å². The maximum Gasteiger partial charge on any atom is 0.139 e. The summed E-state index contributed by atoms with van der Waals surface area (Å²) in [5, 5.41) is 9.24. The van der Waals surface area contributed by atoms with E-state index >= 15 is 0 Å². The third kappa shape index (κ3) is 2.72. The zero-order chi connectivity index (χ0) is 12.6. The minimum Gasteiger partial charge on any atom is -0.397 e. The number of aliphatic hydroxyl groups excluding tert-OH is 1. The SMILES string of the molecule is CN(CC1CC(O)C1)c1cc(Br)c(F)cc1N. The first kappa shape index (κ1) is 12.6. The minimum absolute atomic E-state index is 0.147. The van der Waals surface area contributed by atoms with E-state index in [1.54, 1.807) is 6.07 Å². The largest absolute Gasteiger partial charge is 0.397 e. The van der Waals surface area contributed by atoms with Gasteiger partial charge in [0, 0.05) is 19.7 Å². The normalized spacial score (nSPS) is 23.3. The fourth-order valence-electron chi connectivity index (χ4n) is 2.22. The van der Waals surface area contributed by atoms with Crippen LogP contribution in [-0.2, 0) is 0 Å². The lowest BCUT2D eigenvalue weighted by molar-refractivity contribution is 0.0465. The fourth-order valence-corrected chi connectivity index (χ4v) is 2.55. The van der Waals surface area contributed by atoms with Crippen LogP contribution in [0, 0.1) is 11.7 Å². The molecule has 5 heteroatoms. The lowest BCUT2D eigenvalue weighted by atomic mass is 9.82. The Morgan fingerprint density at radius 1 is 1.53 bits per heavy atom. The number of anilines is 2. The number of nitrogens with two attached hydrogens (primary N) is 1. The molecule has 3 nitrogen and oxygen atoms in total. The van der Waals surface area contributed by atoms with Crippen molar-refractivity contribution in [1.82, 2.24) is 0 Å². The van der Waals surface area contributed by atoms with Gasteiger partial charge in [-0.25, -0.2) is 4.39 Å². The summed E-state index contributed by atoms with van der Waals surface area (Å²) >= 11 is 3.16. The van der Waals surface area contributed by atoms with E-state index in [4.69, 9.17) is 5.73 Å². The van der Waals surface area contributed by atoms with Crippen LogP contribution in [0.15, 0.2) is 16.6 Å². The van der Waals surface area contributed by atoms with E-state index in [9.17, 15) is 9.50 Å². The highest BCUT2D eigenvalue weighted by atomic mass is 79.9. The van der Waals surface area contributed by atoms with Crippen LogP contribution in [-0.4, -0.2) is 24.8 Å². The van der Waals surface area contributed by atoms with Crippen molar-refractivity contribution in [2.45, 2.75) is 18.9 Å². The van der Waals surface area contributed by atoms with Gasteiger partial charge in [0.15, 0.2) is 0 Å². The van der Waals surface area contributed by atoms with Gasteiger partial charge < -0.3 is 15.7 Å². The van der Waals surface area contributed by atoms with Crippen molar-refractivity contribution < 1.29 is 9.50 Å². The molecule has 0 bridgehead atoms. The lowest BCUT2D eigenvalue weighted by Gasteiger charge is -2.35. The number of nitrogens with zero attached hydrogens (tertiary/aromatic N) is 1. The molecular formula is C12H16BrFN2O. The van der Waals surface area contributed by atoms with Gasteiger partial charge >= 0.3 is 0 Å². The quantitative estimate of drug-likeness (QED) is 0.843. The summed E-state index contributed by atoms with van der Waals surface area (Å²) in [6, 6.07) is 3.02. The molecular weight excluding hydrogens is 287 g/mol. The predicted molar refractivity (Wildman–Crippen MR) is 70.5 cm³/mol. The van der Waals surface area contributed by atoms with Crippen molar-refractivity contribution in [3.05, 3.63) is 22.4 Å². The summed E-state index contributed by atoms with van der Waals surface area (Å²) in [5.41, 5.74) is 7.06. The minimum atomic E-state index is -0.348. The molecule has 0 unspecified atom stereocenters. The van der Waals surface area contributed by atoms with Gasteiger partial charge in [-0.3, -0.25) is 0 Å². The number of hydrogen-bond acceptors (Lipinski definition) is 3. The van der Waals surface area contributed by atoms with Crippen LogP contribution in [0.1, 0.15) is 12.8 Å². The Morgan fingerprint density at radius 2 is 2.18 bits per heavy atom. The summed E-state index contributed by atoms with van der Waals surface area (Å²) < 4.78 is 13.7. The molecule has 1 aromatic carbocycles. The fraction of sp³-hybridized carbons (Fsp3) is 0.500. The topological polar surface area (TPSA) is 49.5 Å². The molecule has 0 saturated heterocycles. The molecule has 0 amide bonds. The molecule has 94 valence electrons. The van der Waals surface area contributed by atoms with Crippen molar-refractivity contribution in [3.63, 3.8) is 0 Å². The molecule has 0 aliphatic heterocycles. The zero-order valence-corrected chi connectivity index (χ0v) is 11.2. The molecule has 0 atom stereocenters. The average molecular weight is 303 g/mol. The Labute approximate surface area is 109 Å². The molecule has 2 rings (SSSR count). The van der Waals surface area contributed by atoms with Crippen LogP contribution < -0.4 is 10.6 Å². The summed E-state index contributed by atoms with van der Waals surface area (Å²) in [6.45, 7) is 0.833. The first-order valence-corrected chi connectivity index (χ1v) is 6.40. The van der Waals surface area contributed by atoms with Gasteiger partial charge in [-0.05, 0) is 40.8 Å². The monoisotopic (exact) mass is 302 g/mol. The zero-order valence-electron chi connectivity index (χ0n) is 9.66. The molecule has 0 spiro atoms. The maximum atomic E-state index is 13.2. The highest BCUT2D eigenvalue weighted by molar-refractivity contribution is 9.10. The van der Waals surface area contributed by atoms with Gasteiger partial charge in [0.1, 0.15) is 5.82 Å². The Morgan fingerprint density at radius 3 is 2.76 bits per heavy atom. The first-order valence-electron chi connectivity index (χ1n) is 5.61. The first-order chi connectivity index (χ1) is 7.97. The van der Waals surface area contributed by atoms with Crippen LogP contribution in [0.4, 0.5) is 15.8 Å². The van der Waals surface area contributed by atoms with E-state index in [1.807, 2.05) is 11.9 Å². The number of halogens is 2. The average Bonchev–Trinajstić information content (AvgIpc) is 2.21. The van der Waals surface area contributed by atoms with Gasteiger partial charge in [0.05, 0.1) is 22.0 Å². The molecule has 17 heavy (non-hydrogen) atoms. The van der Waals surface area contributed by atoms with Gasteiger partial charge in [0.25, 0.3) is 0 Å². The van der Waals surface area contributed by atoms with Gasteiger partial charge in [0.2, 0.25) is 0 Å². The van der Waals surface area contributed by atoms with E-state index in [0.29, 0.717) is 16.1 Å². The molecule has 0 radical (unpaired) electrons. The molecule has 1 saturated carbocycles. The summed E-state index contributed by atoms with van der Waals surface area (Å²) in [4.78, 5) is 2.01. The number of benzene rings is 1. The lowest BCUT2D eigenvalue weighted by Crippen LogP contribution is -2.37. The number of aliphatic hydroxyl groups is 1. The Kier molecular flexibility index (Phi) is 3.58. The van der Waals surface area contributed by atoms with Gasteiger partial charge in [-0.2, -0.15) is 0 Å². The maximum absolute atomic E-state index is 13.2. The molecule has 1 aliphatic carbocycles. The molecule has 1 aliphatic rings. The number of hydrogen-bond donors (Lipinski definition) is 2. The third-order valence-corrected chi connectivity index (χ3v) is 3.83. The molecule has 1 aromatic rings. The second-order valence-electron chi connectivity index (χ2n) is 4.70. The third-order valence-electron chi connectivity index (χ3n) is 3.22. The molecule has 0 aromatic heterocycles. The Hall–Kier alpha value is -0.810. The Bertz CT molecular complexity index is 421. The van der Waals surface area contributed by atoms with Crippen LogP contribution in [0.2, 0.25) is 0 Å². The highest BCUT2D eigenvalue weighted by Crippen LogP contribution is 2.33. The molecule has 0 heterocycles. The molecule has 3 N–H and O–H groups in total. The molecule has 1 fully saturated rings. The summed E-state index contributed by atoms with van der Waals surface area (Å²) in [6.07, 6.45) is 1.53. The van der Waals surface area contributed by atoms with E-state index in [2.05, 4.69) is 15.9 Å². The van der Waals surface area contributed by atoms with Crippen molar-refractivity contribution in [2.75, 3.05) is 24.2 Å². The number of nitrogen functional groups attached to an aromatic ring is 1. The van der Waals surface area contributed by atoms with Gasteiger partial charge in [-0.15, -0.1) is 0 Å². The summed E-state index contributed by atoms with van der Waals surface area (Å²) in [5.74, 6) is 0.150. The standard InChI is InChI=1S/C12H16BrFN2O/c1-16(6-7-2-8(17)3-7)12-4-9(13)10(14)5-11(12)15/h4-5,7-8,17H,2-3,6,15H2,1H3. The van der Waals surface area contributed by atoms with Crippen LogP contribution in [0.3, 0.4) is 0 Å². The summed E-state index contributed by atoms with van der Waals surface area (Å²) in [7, 11) is 1.93. The van der Waals surface area contributed by atoms with E-state index < -0.39 is 0 Å². The van der Waals surface area contributed by atoms with Crippen LogP contribution in [0.25, 0.3) is 0 Å². The van der Waals surface area contributed by atoms with Crippen LogP contribution >= 0.6 is 15.9 Å². The van der Waals surface area contributed by atoms with Gasteiger partial charge in [-0.1, -0.05) is 0 Å².